The first-order chi connectivity index (χ1) is 15.0. The number of hydrogen-bond donors (Lipinski definition) is 1. The Morgan fingerprint density at radius 1 is 1.32 bits per heavy atom. The number of nitrogens with zero attached hydrogens (tertiary/aromatic N) is 4. The zero-order valence-corrected chi connectivity index (χ0v) is 17.8. The number of benzene rings is 1. The van der Waals surface area contributed by atoms with Crippen LogP contribution in [0.15, 0.2) is 45.7 Å². The van der Waals surface area contributed by atoms with Crippen molar-refractivity contribution in [2.24, 2.45) is 5.73 Å². The fourth-order valence-corrected chi connectivity index (χ4v) is 4.25. The van der Waals surface area contributed by atoms with E-state index in [0.717, 1.165) is 30.7 Å². The van der Waals surface area contributed by atoms with Crippen molar-refractivity contribution in [3.8, 4) is 11.3 Å². The summed E-state index contributed by atoms with van der Waals surface area (Å²) in [5.74, 6) is 0.859. The average molecular weight is 440 g/mol. The van der Waals surface area contributed by atoms with Gasteiger partial charge in [0, 0.05) is 48.4 Å². The number of furan rings is 1. The Kier molecular flexibility index (Phi) is 5.13. The fourth-order valence-electron chi connectivity index (χ4n) is 4.08. The molecule has 0 aliphatic carbocycles. The monoisotopic (exact) mass is 439 g/mol. The molecule has 4 aromatic rings. The van der Waals surface area contributed by atoms with Crippen LogP contribution in [-0.4, -0.2) is 47.4 Å². The van der Waals surface area contributed by atoms with E-state index in [1.165, 1.54) is 0 Å². The third-order valence-corrected chi connectivity index (χ3v) is 5.87. The molecule has 1 aromatic carbocycles. The van der Waals surface area contributed by atoms with Gasteiger partial charge >= 0.3 is 5.69 Å². The molecule has 0 bridgehead atoms. The van der Waals surface area contributed by atoms with E-state index in [2.05, 4.69) is 14.9 Å². The second-order valence-corrected chi connectivity index (χ2v) is 8.14. The maximum Gasteiger partial charge on any atom is 0.348 e. The lowest BCUT2D eigenvalue weighted by molar-refractivity contribution is 0.187. The van der Waals surface area contributed by atoms with Gasteiger partial charge in [0.1, 0.15) is 22.6 Å². The molecule has 0 radical (unpaired) electrons. The third kappa shape index (κ3) is 3.56. The molecular weight excluding hydrogens is 418 g/mol. The molecule has 0 spiro atoms. The van der Waals surface area contributed by atoms with Gasteiger partial charge in [-0.05, 0) is 36.8 Å². The lowest BCUT2D eigenvalue weighted by atomic mass is 10.1. The predicted molar refractivity (Wildman–Crippen MR) is 121 cm³/mol. The quantitative estimate of drug-likeness (QED) is 0.510. The van der Waals surface area contributed by atoms with Gasteiger partial charge in [-0.3, -0.25) is 4.57 Å². The Morgan fingerprint density at radius 3 is 2.90 bits per heavy atom. The van der Waals surface area contributed by atoms with Crippen molar-refractivity contribution < 1.29 is 9.15 Å². The molecule has 1 aliphatic rings. The highest BCUT2D eigenvalue weighted by Gasteiger charge is 2.22. The number of methoxy groups -OCH3 is 1. The highest BCUT2D eigenvalue weighted by Crippen LogP contribution is 2.35. The number of pyridine rings is 1. The van der Waals surface area contributed by atoms with Gasteiger partial charge in [0.25, 0.3) is 0 Å². The smallest absolute Gasteiger partial charge is 0.348 e. The summed E-state index contributed by atoms with van der Waals surface area (Å²) in [4.78, 5) is 24.0. The van der Waals surface area contributed by atoms with Gasteiger partial charge in [0.05, 0.1) is 13.2 Å². The second kappa shape index (κ2) is 7.96. The topological polar surface area (TPSA) is 99.4 Å². The molecule has 31 heavy (non-hydrogen) atoms. The van der Waals surface area contributed by atoms with E-state index >= 15 is 0 Å². The molecule has 2 N–H and O–H groups in total. The Hall–Kier alpha value is -2.94. The van der Waals surface area contributed by atoms with Crippen LogP contribution >= 0.6 is 11.6 Å². The minimum atomic E-state index is -0.378. The number of ether oxygens (including phenoxy) is 1. The average Bonchev–Trinajstić information content (AvgIpc) is 3.36. The molecule has 1 atom stereocenters. The molecule has 1 saturated heterocycles. The maximum absolute atomic E-state index is 13.0. The normalized spacial score (nSPS) is 16.6. The summed E-state index contributed by atoms with van der Waals surface area (Å²) >= 11 is 6.23. The van der Waals surface area contributed by atoms with E-state index in [4.69, 9.17) is 26.5 Å². The first-order valence-corrected chi connectivity index (χ1v) is 10.5. The van der Waals surface area contributed by atoms with Crippen LogP contribution in [0.1, 0.15) is 6.42 Å². The summed E-state index contributed by atoms with van der Waals surface area (Å²) in [6.07, 6.45) is 2.67. The van der Waals surface area contributed by atoms with E-state index in [9.17, 15) is 4.79 Å². The number of nitrogens with two attached hydrogens (primary N) is 1. The maximum atomic E-state index is 13.0. The molecule has 1 aliphatic heterocycles. The van der Waals surface area contributed by atoms with Crippen LogP contribution in [0.5, 0.6) is 0 Å². The standard InChI is InChI=1S/C22H22ClN5O3/c1-30-9-8-28-20-16-10-14(23)3-4-17(16)31-21(20)19(26-22(28)29)13-2-5-18(25-11-13)27-7-6-15(24)12-27/h2-5,10-11,15H,6-9,12,24H2,1H3. The summed E-state index contributed by atoms with van der Waals surface area (Å²) in [5, 5.41) is 1.32. The number of fused-ring (bicyclic) bond motifs is 3. The van der Waals surface area contributed by atoms with Gasteiger partial charge in [-0.15, -0.1) is 0 Å². The highest BCUT2D eigenvalue weighted by atomic mass is 35.5. The highest BCUT2D eigenvalue weighted by molar-refractivity contribution is 6.31. The van der Waals surface area contributed by atoms with Crippen molar-refractivity contribution in [3.05, 3.63) is 52.0 Å². The van der Waals surface area contributed by atoms with Crippen LogP contribution in [0.4, 0.5) is 5.82 Å². The van der Waals surface area contributed by atoms with Crippen molar-refractivity contribution in [3.63, 3.8) is 0 Å². The summed E-state index contributed by atoms with van der Waals surface area (Å²) in [5.41, 5.74) is 8.60. The summed E-state index contributed by atoms with van der Waals surface area (Å²) < 4.78 is 12.9. The minimum absolute atomic E-state index is 0.171. The van der Waals surface area contributed by atoms with Gasteiger partial charge in [0.15, 0.2) is 5.58 Å². The van der Waals surface area contributed by atoms with Crippen LogP contribution in [0.25, 0.3) is 33.3 Å². The van der Waals surface area contributed by atoms with Gasteiger partial charge in [-0.1, -0.05) is 11.6 Å². The van der Waals surface area contributed by atoms with E-state index in [-0.39, 0.29) is 11.7 Å². The number of aromatic nitrogens is 3. The molecule has 8 nitrogen and oxygen atoms in total. The Balaban J connectivity index is 1.67. The van der Waals surface area contributed by atoms with E-state index in [1.54, 1.807) is 36.1 Å². The molecule has 4 heterocycles. The lowest BCUT2D eigenvalue weighted by Crippen LogP contribution is -2.27. The van der Waals surface area contributed by atoms with Crippen molar-refractivity contribution in [1.82, 2.24) is 14.5 Å². The zero-order valence-electron chi connectivity index (χ0n) is 17.0. The SMILES string of the molecule is COCCn1c(=O)nc(-c2ccc(N3CCC(N)C3)nc2)c2oc3ccc(Cl)cc3c21. The van der Waals surface area contributed by atoms with Crippen molar-refractivity contribution in [1.29, 1.82) is 0 Å². The number of hydrogen-bond acceptors (Lipinski definition) is 7. The number of anilines is 1. The number of halogens is 1. The van der Waals surface area contributed by atoms with Crippen LogP contribution in [-0.2, 0) is 11.3 Å². The second-order valence-electron chi connectivity index (χ2n) is 7.71. The third-order valence-electron chi connectivity index (χ3n) is 5.64. The van der Waals surface area contributed by atoms with Gasteiger partial charge in [0.2, 0.25) is 0 Å². The van der Waals surface area contributed by atoms with Crippen LogP contribution in [0.2, 0.25) is 5.02 Å². The summed E-state index contributed by atoms with van der Waals surface area (Å²) in [7, 11) is 1.59. The predicted octanol–water partition coefficient (Wildman–Crippen LogP) is 3.04. The lowest BCUT2D eigenvalue weighted by Gasteiger charge is -2.16. The van der Waals surface area contributed by atoms with Gasteiger partial charge in [-0.25, -0.2) is 9.78 Å². The Morgan fingerprint density at radius 2 is 2.19 bits per heavy atom. The first-order valence-electron chi connectivity index (χ1n) is 10.1. The minimum Gasteiger partial charge on any atom is -0.452 e. The molecule has 0 amide bonds. The van der Waals surface area contributed by atoms with E-state index < -0.39 is 0 Å². The van der Waals surface area contributed by atoms with Crippen LogP contribution < -0.4 is 16.3 Å². The van der Waals surface area contributed by atoms with Crippen molar-refractivity contribution in [2.75, 3.05) is 31.7 Å². The molecule has 1 unspecified atom stereocenters. The first kappa shape index (κ1) is 20.0. The molecular formula is C22H22ClN5O3. The Bertz CT molecular complexity index is 1310. The van der Waals surface area contributed by atoms with Crippen LogP contribution in [0, 0.1) is 0 Å². The van der Waals surface area contributed by atoms with Gasteiger partial charge in [-0.2, -0.15) is 4.98 Å². The molecule has 3 aromatic heterocycles. The largest absolute Gasteiger partial charge is 0.452 e. The van der Waals surface area contributed by atoms with Crippen molar-refractivity contribution >= 4 is 39.5 Å². The Labute approximate surface area is 183 Å². The molecule has 0 saturated carbocycles. The molecule has 5 rings (SSSR count). The molecule has 160 valence electrons. The summed E-state index contributed by atoms with van der Waals surface area (Å²) in [6, 6.07) is 9.36. The fraction of sp³-hybridized carbons (Fsp3) is 0.318. The van der Waals surface area contributed by atoms with Gasteiger partial charge < -0.3 is 19.8 Å². The van der Waals surface area contributed by atoms with Crippen LogP contribution in [0.3, 0.4) is 0 Å². The molecule has 9 heteroatoms. The number of rotatable bonds is 5. The summed E-state index contributed by atoms with van der Waals surface area (Å²) in [6.45, 7) is 2.40. The van der Waals surface area contributed by atoms with E-state index in [0.29, 0.717) is 46.1 Å². The zero-order chi connectivity index (χ0) is 21.5. The van der Waals surface area contributed by atoms with E-state index in [1.807, 2.05) is 12.1 Å². The van der Waals surface area contributed by atoms with Crippen molar-refractivity contribution in [2.45, 2.75) is 19.0 Å². The molecule has 1 fully saturated rings.